The van der Waals surface area contributed by atoms with Crippen molar-refractivity contribution in [3.63, 3.8) is 0 Å². The number of cyclic esters (lactones) is 1. The standard InChI is InChI=1S/C19H27N3O4/c23-17(15-2-11-25-14-15)22-8-1-7-21(9-10-22)13-16-12-19(18(24)26-16)3-5-20-6-4-19/h2,11,14,16,20H,1,3-10,12-13H2. The minimum Gasteiger partial charge on any atom is -0.472 e. The van der Waals surface area contributed by atoms with Gasteiger partial charge in [-0.05, 0) is 38.4 Å². The van der Waals surface area contributed by atoms with E-state index in [9.17, 15) is 9.59 Å². The molecule has 1 atom stereocenters. The Hall–Kier alpha value is -1.86. The van der Waals surface area contributed by atoms with Gasteiger partial charge in [0.2, 0.25) is 0 Å². The van der Waals surface area contributed by atoms with Crippen LogP contribution in [0.3, 0.4) is 0 Å². The minimum atomic E-state index is -0.259. The van der Waals surface area contributed by atoms with Crippen LogP contribution in [-0.2, 0) is 9.53 Å². The van der Waals surface area contributed by atoms with Crippen molar-refractivity contribution in [2.75, 3.05) is 45.8 Å². The summed E-state index contributed by atoms with van der Waals surface area (Å²) in [6, 6.07) is 1.71. The molecule has 7 nitrogen and oxygen atoms in total. The average Bonchev–Trinajstić information content (AvgIpc) is 3.20. The van der Waals surface area contributed by atoms with Crippen LogP contribution in [0.15, 0.2) is 23.0 Å². The lowest BCUT2D eigenvalue weighted by Crippen LogP contribution is -2.40. The van der Waals surface area contributed by atoms with Gasteiger partial charge in [0.05, 0.1) is 17.2 Å². The second-order valence-electron chi connectivity index (χ2n) is 7.72. The van der Waals surface area contributed by atoms with Crippen LogP contribution in [0.25, 0.3) is 0 Å². The summed E-state index contributed by atoms with van der Waals surface area (Å²) in [5.74, 6) is 0.0251. The molecule has 1 unspecified atom stereocenters. The highest BCUT2D eigenvalue weighted by molar-refractivity contribution is 5.93. The van der Waals surface area contributed by atoms with Crippen molar-refractivity contribution in [1.82, 2.24) is 15.1 Å². The molecule has 1 aromatic rings. The van der Waals surface area contributed by atoms with Crippen LogP contribution < -0.4 is 5.32 Å². The lowest BCUT2D eigenvalue weighted by Gasteiger charge is -2.29. The van der Waals surface area contributed by atoms with Crippen molar-refractivity contribution in [2.24, 2.45) is 5.41 Å². The van der Waals surface area contributed by atoms with Crippen LogP contribution in [0, 0.1) is 5.41 Å². The average molecular weight is 361 g/mol. The maximum atomic E-state index is 12.5. The molecule has 4 heterocycles. The molecule has 26 heavy (non-hydrogen) atoms. The van der Waals surface area contributed by atoms with Crippen molar-refractivity contribution in [1.29, 1.82) is 0 Å². The zero-order valence-corrected chi connectivity index (χ0v) is 15.1. The van der Waals surface area contributed by atoms with Gasteiger partial charge in [-0.1, -0.05) is 0 Å². The Bertz CT molecular complexity index is 639. The Kier molecular flexibility index (Phi) is 5.00. The molecule has 0 radical (unpaired) electrons. The summed E-state index contributed by atoms with van der Waals surface area (Å²) >= 11 is 0. The molecule has 3 aliphatic heterocycles. The highest BCUT2D eigenvalue weighted by Gasteiger charge is 2.49. The Labute approximate surface area is 153 Å². The summed E-state index contributed by atoms with van der Waals surface area (Å²) in [5, 5.41) is 3.33. The summed E-state index contributed by atoms with van der Waals surface area (Å²) in [6.07, 6.45) is 6.55. The van der Waals surface area contributed by atoms with E-state index in [0.29, 0.717) is 12.1 Å². The minimum absolute atomic E-state index is 0.00409. The number of nitrogens with one attached hydrogen (secondary N) is 1. The molecule has 4 rings (SSSR count). The van der Waals surface area contributed by atoms with Gasteiger partial charge in [-0.3, -0.25) is 14.5 Å². The predicted octanol–water partition coefficient (Wildman–Crippen LogP) is 1.11. The number of nitrogens with zero attached hydrogens (tertiary/aromatic N) is 2. The van der Waals surface area contributed by atoms with Gasteiger partial charge in [0.15, 0.2) is 0 Å². The third-order valence-electron chi connectivity index (χ3n) is 5.99. The van der Waals surface area contributed by atoms with Crippen LogP contribution in [-0.4, -0.2) is 73.6 Å². The number of rotatable bonds is 3. The summed E-state index contributed by atoms with van der Waals surface area (Å²) in [6.45, 7) is 5.76. The SMILES string of the molecule is O=C(c1ccoc1)N1CCCN(CC2CC3(CCNCC3)C(=O)O2)CC1. The normalized spacial score (nSPS) is 26.7. The van der Waals surface area contributed by atoms with Crippen LogP contribution in [0.2, 0.25) is 0 Å². The van der Waals surface area contributed by atoms with E-state index in [0.717, 1.165) is 65.0 Å². The molecule has 1 aromatic heterocycles. The number of esters is 1. The molecule has 3 fully saturated rings. The van der Waals surface area contributed by atoms with E-state index in [2.05, 4.69) is 10.2 Å². The molecule has 1 amide bonds. The first kappa shape index (κ1) is 17.5. The number of carbonyl (C=O) groups is 2. The number of ether oxygens (including phenoxy) is 1. The van der Waals surface area contributed by atoms with E-state index in [4.69, 9.17) is 9.15 Å². The maximum Gasteiger partial charge on any atom is 0.312 e. The van der Waals surface area contributed by atoms with Gasteiger partial charge in [-0.2, -0.15) is 0 Å². The Morgan fingerprint density at radius 2 is 2.08 bits per heavy atom. The van der Waals surface area contributed by atoms with Crippen LogP contribution in [0.4, 0.5) is 0 Å². The van der Waals surface area contributed by atoms with Gasteiger partial charge in [-0.25, -0.2) is 0 Å². The third-order valence-corrected chi connectivity index (χ3v) is 5.99. The topological polar surface area (TPSA) is 75.0 Å². The van der Waals surface area contributed by atoms with Gasteiger partial charge in [-0.15, -0.1) is 0 Å². The third kappa shape index (κ3) is 3.50. The summed E-state index contributed by atoms with van der Waals surface area (Å²) < 4.78 is 10.8. The Morgan fingerprint density at radius 1 is 1.23 bits per heavy atom. The monoisotopic (exact) mass is 361 g/mol. The number of amides is 1. The van der Waals surface area contributed by atoms with E-state index < -0.39 is 0 Å². The van der Waals surface area contributed by atoms with E-state index >= 15 is 0 Å². The first-order chi connectivity index (χ1) is 12.7. The largest absolute Gasteiger partial charge is 0.472 e. The summed E-state index contributed by atoms with van der Waals surface area (Å²) in [5.41, 5.74) is 0.349. The molecule has 3 saturated heterocycles. The molecule has 1 N–H and O–H groups in total. The Morgan fingerprint density at radius 3 is 2.85 bits per heavy atom. The molecule has 0 saturated carbocycles. The highest BCUT2D eigenvalue weighted by atomic mass is 16.6. The van der Waals surface area contributed by atoms with E-state index in [1.165, 1.54) is 12.5 Å². The molecule has 142 valence electrons. The summed E-state index contributed by atoms with van der Waals surface area (Å²) in [4.78, 5) is 29.1. The predicted molar refractivity (Wildman–Crippen MR) is 94.7 cm³/mol. The number of hydrogen-bond donors (Lipinski definition) is 1. The van der Waals surface area contributed by atoms with E-state index in [-0.39, 0.29) is 23.4 Å². The van der Waals surface area contributed by atoms with E-state index in [1.54, 1.807) is 6.07 Å². The second kappa shape index (κ2) is 7.40. The van der Waals surface area contributed by atoms with E-state index in [1.807, 2.05) is 4.90 Å². The summed E-state index contributed by atoms with van der Waals surface area (Å²) in [7, 11) is 0. The van der Waals surface area contributed by atoms with Crippen molar-refractivity contribution in [3.8, 4) is 0 Å². The fourth-order valence-corrected chi connectivity index (χ4v) is 4.47. The zero-order valence-electron chi connectivity index (χ0n) is 15.1. The van der Waals surface area contributed by atoms with Gasteiger partial charge < -0.3 is 19.4 Å². The molecular weight excluding hydrogens is 334 g/mol. The van der Waals surface area contributed by atoms with Crippen molar-refractivity contribution in [3.05, 3.63) is 24.2 Å². The van der Waals surface area contributed by atoms with Crippen molar-refractivity contribution in [2.45, 2.75) is 31.8 Å². The first-order valence-electron chi connectivity index (χ1n) is 9.62. The van der Waals surface area contributed by atoms with Crippen molar-refractivity contribution >= 4 is 11.9 Å². The lowest BCUT2D eigenvalue weighted by molar-refractivity contribution is -0.150. The van der Waals surface area contributed by atoms with Gasteiger partial charge in [0.1, 0.15) is 12.4 Å². The second-order valence-corrected chi connectivity index (χ2v) is 7.72. The van der Waals surface area contributed by atoms with Crippen LogP contribution in [0.1, 0.15) is 36.0 Å². The van der Waals surface area contributed by atoms with Gasteiger partial charge in [0, 0.05) is 39.1 Å². The smallest absolute Gasteiger partial charge is 0.312 e. The molecule has 1 spiro atoms. The zero-order chi connectivity index (χ0) is 18.0. The number of furan rings is 1. The fourth-order valence-electron chi connectivity index (χ4n) is 4.47. The molecular formula is C19H27N3O4. The first-order valence-corrected chi connectivity index (χ1v) is 9.62. The molecule has 3 aliphatic rings. The van der Waals surface area contributed by atoms with Gasteiger partial charge in [0.25, 0.3) is 5.91 Å². The molecule has 0 aliphatic carbocycles. The quantitative estimate of drug-likeness (QED) is 0.813. The molecule has 7 heteroatoms. The van der Waals surface area contributed by atoms with Crippen LogP contribution >= 0.6 is 0 Å². The van der Waals surface area contributed by atoms with Crippen LogP contribution in [0.5, 0.6) is 0 Å². The molecule has 0 aromatic carbocycles. The molecule has 0 bridgehead atoms. The van der Waals surface area contributed by atoms with Gasteiger partial charge >= 0.3 is 5.97 Å². The number of carbonyl (C=O) groups excluding carboxylic acids is 2. The fraction of sp³-hybridized carbons (Fsp3) is 0.684. The number of piperidine rings is 1. The maximum absolute atomic E-state index is 12.5. The Balaban J connectivity index is 1.31. The highest BCUT2D eigenvalue weighted by Crippen LogP contribution is 2.41. The lowest BCUT2D eigenvalue weighted by atomic mass is 9.76. The number of hydrogen-bond acceptors (Lipinski definition) is 6. The van der Waals surface area contributed by atoms with Crippen molar-refractivity contribution < 1.29 is 18.7 Å².